The average molecular weight is 430 g/mol. The van der Waals surface area contributed by atoms with Gasteiger partial charge in [0.05, 0.1) is 0 Å². The van der Waals surface area contributed by atoms with E-state index in [0.29, 0.717) is 11.5 Å². The summed E-state index contributed by atoms with van der Waals surface area (Å²) in [6.45, 7) is 4.65. The van der Waals surface area contributed by atoms with Crippen LogP contribution in [-0.4, -0.2) is 69.6 Å². The molecule has 1 fully saturated rings. The number of hydrogen-bond acceptors (Lipinski definition) is 5. The highest BCUT2D eigenvalue weighted by atomic mass is 35.5. The van der Waals surface area contributed by atoms with Crippen LogP contribution in [0, 0.1) is 5.92 Å². The van der Waals surface area contributed by atoms with Gasteiger partial charge in [0.1, 0.15) is 0 Å². The highest BCUT2D eigenvalue weighted by Gasteiger charge is 2.46. The zero-order chi connectivity index (χ0) is 22.4. The van der Waals surface area contributed by atoms with Crippen LogP contribution in [0.5, 0.6) is 0 Å². The third-order valence-corrected chi connectivity index (χ3v) is 5.68. The fourth-order valence-corrected chi connectivity index (χ4v) is 3.93. The van der Waals surface area contributed by atoms with Gasteiger partial charge >= 0.3 is 11.9 Å². The summed E-state index contributed by atoms with van der Waals surface area (Å²) in [5.74, 6) is -2.80. The Morgan fingerprint density at radius 3 is 1.76 bits per heavy atom. The predicted molar refractivity (Wildman–Crippen MR) is 111 cm³/mol. The van der Waals surface area contributed by atoms with Gasteiger partial charge in [-0.3, -0.25) is 0 Å². The molecule has 0 radical (unpaired) electrons. The van der Waals surface area contributed by atoms with Crippen LogP contribution in [-0.2, 0) is 15.0 Å². The van der Waals surface area contributed by atoms with Crippen molar-refractivity contribution < 1.29 is 30.0 Å². The summed E-state index contributed by atoms with van der Waals surface area (Å²) >= 11 is 6.04. The van der Waals surface area contributed by atoms with Crippen LogP contribution in [0.1, 0.15) is 45.1 Å². The fourth-order valence-electron chi connectivity index (χ4n) is 3.80. The molecule has 1 aromatic rings. The second-order valence-electron chi connectivity index (χ2n) is 8.19. The lowest BCUT2D eigenvalue weighted by atomic mass is 9.58. The van der Waals surface area contributed by atoms with Gasteiger partial charge in [-0.05, 0) is 57.0 Å². The van der Waals surface area contributed by atoms with Gasteiger partial charge in [-0.15, -0.1) is 0 Å². The number of hydrogen-bond donors (Lipinski definition) is 4. The molecule has 2 rings (SSSR count). The molecule has 1 aromatic carbocycles. The summed E-state index contributed by atoms with van der Waals surface area (Å²) < 4.78 is 0. The third kappa shape index (κ3) is 6.67. The molecule has 8 heteroatoms. The highest BCUT2D eigenvalue weighted by molar-refractivity contribution is 6.30. The molecule has 0 aromatic heterocycles. The minimum Gasteiger partial charge on any atom is -0.479 e. The number of halogens is 1. The molecule has 1 saturated carbocycles. The zero-order valence-electron chi connectivity index (χ0n) is 17.4. The van der Waals surface area contributed by atoms with E-state index in [-0.39, 0.29) is 0 Å². The van der Waals surface area contributed by atoms with Gasteiger partial charge in [0.25, 0.3) is 0 Å². The van der Waals surface area contributed by atoms with Crippen molar-refractivity contribution in [3.63, 3.8) is 0 Å². The van der Waals surface area contributed by atoms with E-state index in [9.17, 15) is 9.59 Å². The van der Waals surface area contributed by atoms with E-state index in [2.05, 4.69) is 45.0 Å². The van der Waals surface area contributed by atoms with Gasteiger partial charge in [-0.25, -0.2) is 9.59 Å². The Morgan fingerprint density at radius 1 is 1.03 bits per heavy atom. The van der Waals surface area contributed by atoms with E-state index >= 15 is 0 Å². The predicted octanol–water partition coefficient (Wildman–Crippen LogP) is 2.62. The molecule has 1 aliphatic carbocycles. The molecule has 0 bridgehead atoms. The first-order valence-electron chi connectivity index (χ1n) is 9.66. The van der Waals surface area contributed by atoms with Gasteiger partial charge in [0.2, 0.25) is 0 Å². The number of carboxylic acids is 2. The molecule has 0 amide bonds. The summed E-state index contributed by atoms with van der Waals surface area (Å²) in [7, 11) is 4.45. The monoisotopic (exact) mass is 429 g/mol. The van der Waals surface area contributed by atoms with E-state index in [0.717, 1.165) is 10.9 Å². The lowest BCUT2D eigenvalue weighted by molar-refractivity contribution is -0.165. The van der Waals surface area contributed by atoms with Crippen LogP contribution < -0.4 is 0 Å². The molecule has 3 unspecified atom stereocenters. The minimum absolute atomic E-state index is 0.346. The van der Waals surface area contributed by atoms with Crippen LogP contribution in [0.25, 0.3) is 0 Å². The Hall–Kier alpha value is -1.67. The summed E-state index contributed by atoms with van der Waals surface area (Å²) in [5, 5.41) is 33.4. The maximum absolute atomic E-state index is 9.77. The van der Waals surface area contributed by atoms with E-state index in [1.165, 1.54) is 31.2 Å². The normalized spacial score (nSPS) is 18.2. The maximum Gasteiger partial charge on any atom is 0.335 e. The molecule has 164 valence electrons. The summed E-state index contributed by atoms with van der Waals surface area (Å²) in [6, 6.07) is 9.18. The molecule has 3 atom stereocenters. The van der Waals surface area contributed by atoms with Crippen molar-refractivity contribution in [3.05, 3.63) is 34.9 Å². The summed E-state index contributed by atoms with van der Waals surface area (Å²) in [5.41, 5.74) is 1.82. The number of carbonyl (C=O) groups is 2. The van der Waals surface area contributed by atoms with Crippen molar-refractivity contribution in [2.75, 3.05) is 14.1 Å². The second kappa shape index (κ2) is 10.9. The number of carboxylic acid groups (broad SMARTS) is 2. The van der Waals surface area contributed by atoms with Crippen molar-refractivity contribution in [2.45, 2.75) is 63.2 Å². The smallest absolute Gasteiger partial charge is 0.335 e. The Labute approximate surface area is 176 Å². The van der Waals surface area contributed by atoms with Crippen LogP contribution >= 0.6 is 11.6 Å². The van der Waals surface area contributed by atoms with Crippen molar-refractivity contribution in [1.82, 2.24) is 4.90 Å². The molecule has 1 aliphatic rings. The fraction of sp³-hybridized carbons (Fsp3) is 0.619. The van der Waals surface area contributed by atoms with Gasteiger partial charge in [0, 0.05) is 16.5 Å². The molecular formula is C21H32ClNO6. The number of aliphatic hydroxyl groups is 2. The SMILES string of the molecule is CC(C)CC(N(C)C)C1(c2ccc(Cl)cc2)CCC1.O=C(O)C(O)C(O)C(=O)O. The number of benzene rings is 1. The van der Waals surface area contributed by atoms with Gasteiger partial charge in [0.15, 0.2) is 12.2 Å². The average Bonchev–Trinajstić information content (AvgIpc) is 2.60. The third-order valence-electron chi connectivity index (χ3n) is 5.43. The van der Waals surface area contributed by atoms with Gasteiger partial charge < -0.3 is 25.3 Å². The standard InChI is InChI=1S/C17H26ClN.C4H6O6/c1-13(2)12-16(19(3)4)17(10-5-11-17)14-6-8-15(18)9-7-14;5-1(3(7)8)2(6)4(9)10/h6-9,13,16H,5,10-12H2,1-4H3;1-2,5-6H,(H,7,8)(H,9,10). The zero-order valence-corrected chi connectivity index (χ0v) is 18.1. The van der Waals surface area contributed by atoms with Crippen molar-refractivity contribution in [1.29, 1.82) is 0 Å². The molecule has 0 heterocycles. The van der Waals surface area contributed by atoms with Crippen molar-refractivity contribution >= 4 is 23.5 Å². The second-order valence-corrected chi connectivity index (χ2v) is 8.63. The summed E-state index contributed by atoms with van der Waals surface area (Å²) in [4.78, 5) is 22.0. The maximum atomic E-state index is 9.77. The lowest BCUT2D eigenvalue weighted by Crippen LogP contribution is -2.52. The molecule has 0 saturated heterocycles. The first kappa shape index (κ1) is 25.4. The largest absolute Gasteiger partial charge is 0.479 e. The number of nitrogens with zero attached hydrogens (tertiary/aromatic N) is 1. The van der Waals surface area contributed by atoms with Crippen LogP contribution in [0.3, 0.4) is 0 Å². The van der Waals surface area contributed by atoms with Crippen LogP contribution in [0.2, 0.25) is 5.02 Å². The van der Waals surface area contributed by atoms with Crippen molar-refractivity contribution in [2.24, 2.45) is 5.92 Å². The Kier molecular flexibility index (Phi) is 9.55. The Balaban J connectivity index is 0.000000359. The Bertz CT molecular complexity index is 654. The van der Waals surface area contributed by atoms with Crippen LogP contribution in [0.15, 0.2) is 24.3 Å². The van der Waals surface area contributed by atoms with E-state index in [1.807, 2.05) is 12.1 Å². The number of likely N-dealkylation sites (N-methyl/N-ethyl adjacent to an activating group) is 1. The minimum atomic E-state index is -2.27. The van der Waals surface area contributed by atoms with Crippen LogP contribution in [0.4, 0.5) is 0 Å². The number of aliphatic carboxylic acids is 2. The van der Waals surface area contributed by atoms with Gasteiger partial charge in [-0.2, -0.15) is 0 Å². The van der Waals surface area contributed by atoms with E-state index < -0.39 is 24.1 Å². The topological polar surface area (TPSA) is 118 Å². The first-order chi connectivity index (χ1) is 13.4. The molecule has 0 spiro atoms. The number of rotatable bonds is 8. The number of aliphatic hydroxyl groups excluding tert-OH is 2. The molecular weight excluding hydrogens is 398 g/mol. The molecule has 29 heavy (non-hydrogen) atoms. The Morgan fingerprint density at radius 2 is 1.48 bits per heavy atom. The van der Waals surface area contributed by atoms with E-state index in [4.69, 9.17) is 32.0 Å². The summed E-state index contributed by atoms with van der Waals surface area (Å²) in [6.07, 6.45) is 0.699. The quantitative estimate of drug-likeness (QED) is 0.501. The first-order valence-corrected chi connectivity index (χ1v) is 10.0. The van der Waals surface area contributed by atoms with Crippen molar-refractivity contribution in [3.8, 4) is 0 Å². The highest BCUT2D eigenvalue weighted by Crippen LogP contribution is 2.49. The van der Waals surface area contributed by atoms with E-state index in [1.54, 1.807) is 0 Å². The molecule has 7 nitrogen and oxygen atoms in total. The molecule has 4 N–H and O–H groups in total. The van der Waals surface area contributed by atoms with Gasteiger partial charge in [-0.1, -0.05) is 44.0 Å². The molecule has 0 aliphatic heterocycles. The lowest BCUT2D eigenvalue weighted by Gasteiger charge is -2.51.